The number of benzene rings is 2. The van der Waals surface area contributed by atoms with E-state index in [0.29, 0.717) is 23.5 Å². The van der Waals surface area contributed by atoms with Crippen molar-refractivity contribution in [1.29, 1.82) is 0 Å². The molecule has 4 rings (SSSR count). The highest BCUT2D eigenvalue weighted by atomic mass is 16.6. The Bertz CT molecular complexity index is 1010. The van der Waals surface area contributed by atoms with Crippen LogP contribution < -0.4 is 5.32 Å². The molecule has 7 heteroatoms. The number of aromatic nitrogens is 1. The van der Waals surface area contributed by atoms with Crippen molar-refractivity contribution in [2.75, 3.05) is 5.32 Å². The van der Waals surface area contributed by atoms with Crippen LogP contribution in [-0.4, -0.2) is 20.7 Å². The SMILES string of the molecule is O=C1c2cccnc2[C@@H](Nc2ccccc2[N+](=O)[O-])N1Cc1ccccc1. The van der Waals surface area contributed by atoms with Gasteiger partial charge in [0.25, 0.3) is 11.6 Å². The number of carbonyl (C=O) groups excluding carboxylic acids is 1. The summed E-state index contributed by atoms with van der Waals surface area (Å²) in [5.74, 6) is -0.155. The maximum atomic E-state index is 12.9. The predicted molar refractivity (Wildman–Crippen MR) is 100 cm³/mol. The minimum Gasteiger partial charge on any atom is -0.354 e. The van der Waals surface area contributed by atoms with Crippen LogP contribution in [0.3, 0.4) is 0 Å². The Kier molecular flexibility index (Phi) is 4.25. The molecule has 7 nitrogen and oxygen atoms in total. The number of para-hydroxylation sites is 2. The van der Waals surface area contributed by atoms with Gasteiger partial charge in [0.15, 0.2) is 0 Å². The highest BCUT2D eigenvalue weighted by molar-refractivity contribution is 5.99. The van der Waals surface area contributed by atoms with Crippen molar-refractivity contribution in [2.24, 2.45) is 0 Å². The highest BCUT2D eigenvalue weighted by Crippen LogP contribution is 2.36. The second kappa shape index (κ2) is 6.87. The molecule has 0 bridgehead atoms. The van der Waals surface area contributed by atoms with Crippen molar-refractivity contribution in [1.82, 2.24) is 9.88 Å². The summed E-state index contributed by atoms with van der Waals surface area (Å²) in [7, 11) is 0. The molecule has 1 amide bonds. The standard InChI is InChI=1S/C20H16N4O3/c25-20-15-9-6-12-21-18(15)19(23(20)13-14-7-2-1-3-8-14)22-16-10-4-5-11-17(16)24(26)27/h1-12,19,22H,13H2/t19-/m0/s1. The second-order valence-corrected chi connectivity index (χ2v) is 6.18. The summed E-state index contributed by atoms with van der Waals surface area (Å²) in [5, 5.41) is 14.5. The van der Waals surface area contributed by atoms with Crippen LogP contribution in [0.25, 0.3) is 0 Å². The maximum absolute atomic E-state index is 12.9. The van der Waals surface area contributed by atoms with E-state index in [0.717, 1.165) is 5.56 Å². The van der Waals surface area contributed by atoms with E-state index in [2.05, 4.69) is 10.3 Å². The van der Waals surface area contributed by atoms with Gasteiger partial charge in [-0.3, -0.25) is 19.9 Å². The van der Waals surface area contributed by atoms with Crippen LogP contribution in [0.15, 0.2) is 72.9 Å². The third-order valence-electron chi connectivity index (χ3n) is 4.49. The first-order valence-corrected chi connectivity index (χ1v) is 8.45. The Morgan fingerprint density at radius 3 is 2.56 bits per heavy atom. The molecule has 0 fully saturated rings. The number of carbonyl (C=O) groups is 1. The molecule has 0 saturated heterocycles. The van der Waals surface area contributed by atoms with Crippen molar-refractivity contribution in [3.63, 3.8) is 0 Å². The number of rotatable bonds is 5. The molecule has 0 spiro atoms. The predicted octanol–water partition coefficient (Wildman–Crippen LogP) is 3.76. The van der Waals surface area contributed by atoms with E-state index in [1.807, 2.05) is 30.3 Å². The topological polar surface area (TPSA) is 88.4 Å². The van der Waals surface area contributed by atoms with E-state index in [1.54, 1.807) is 41.4 Å². The number of anilines is 1. The summed E-state index contributed by atoms with van der Waals surface area (Å²) < 4.78 is 0. The maximum Gasteiger partial charge on any atom is 0.292 e. The third kappa shape index (κ3) is 3.10. The molecule has 2 aromatic carbocycles. The number of nitro benzene ring substituents is 1. The first-order valence-electron chi connectivity index (χ1n) is 8.45. The molecule has 1 N–H and O–H groups in total. The Labute approximate surface area is 155 Å². The first-order chi connectivity index (χ1) is 13.1. The van der Waals surface area contributed by atoms with Crippen LogP contribution in [0.2, 0.25) is 0 Å². The number of hydrogen-bond acceptors (Lipinski definition) is 5. The molecule has 0 saturated carbocycles. The van der Waals surface area contributed by atoms with Crippen molar-refractivity contribution in [3.05, 3.63) is 99.9 Å². The molecule has 134 valence electrons. The Morgan fingerprint density at radius 2 is 1.78 bits per heavy atom. The van der Waals surface area contributed by atoms with E-state index < -0.39 is 11.1 Å². The number of nitrogens with zero attached hydrogens (tertiary/aromatic N) is 3. The fraction of sp³-hybridized carbons (Fsp3) is 0.100. The number of nitrogens with one attached hydrogen (secondary N) is 1. The van der Waals surface area contributed by atoms with E-state index in [-0.39, 0.29) is 11.6 Å². The van der Waals surface area contributed by atoms with Crippen molar-refractivity contribution in [2.45, 2.75) is 12.7 Å². The monoisotopic (exact) mass is 360 g/mol. The van der Waals surface area contributed by atoms with Gasteiger partial charge in [-0.15, -0.1) is 0 Å². The number of fused-ring (bicyclic) bond motifs is 1. The average molecular weight is 360 g/mol. The first kappa shape index (κ1) is 16.7. The molecule has 0 unspecified atom stereocenters. The zero-order chi connectivity index (χ0) is 18.8. The Hall–Kier alpha value is -3.74. The number of hydrogen-bond donors (Lipinski definition) is 1. The van der Waals surface area contributed by atoms with Gasteiger partial charge in [-0.25, -0.2) is 0 Å². The fourth-order valence-electron chi connectivity index (χ4n) is 3.23. The molecule has 0 radical (unpaired) electrons. The van der Waals surface area contributed by atoms with Crippen LogP contribution in [-0.2, 0) is 6.54 Å². The number of pyridine rings is 1. The quantitative estimate of drug-likeness (QED) is 0.553. The molecular formula is C20H16N4O3. The summed E-state index contributed by atoms with van der Waals surface area (Å²) in [4.78, 5) is 29.8. The third-order valence-corrected chi connectivity index (χ3v) is 4.49. The summed E-state index contributed by atoms with van der Waals surface area (Å²) >= 11 is 0. The lowest BCUT2D eigenvalue weighted by Crippen LogP contribution is -2.32. The molecular weight excluding hydrogens is 344 g/mol. The van der Waals surface area contributed by atoms with E-state index in [4.69, 9.17) is 0 Å². The molecule has 3 aromatic rings. The molecule has 1 aliphatic rings. The Balaban J connectivity index is 1.73. The van der Waals surface area contributed by atoms with Gasteiger partial charge in [0.05, 0.1) is 16.2 Å². The molecule has 2 heterocycles. The van der Waals surface area contributed by atoms with E-state index in [9.17, 15) is 14.9 Å². The van der Waals surface area contributed by atoms with Crippen LogP contribution in [0.5, 0.6) is 0 Å². The number of amides is 1. The highest BCUT2D eigenvalue weighted by Gasteiger charge is 2.38. The summed E-state index contributed by atoms with van der Waals surface area (Å²) in [6.07, 6.45) is 1.03. The van der Waals surface area contributed by atoms with Crippen LogP contribution in [0, 0.1) is 10.1 Å². The lowest BCUT2D eigenvalue weighted by Gasteiger charge is -2.26. The zero-order valence-corrected chi connectivity index (χ0v) is 14.3. The Morgan fingerprint density at radius 1 is 1.04 bits per heavy atom. The summed E-state index contributed by atoms with van der Waals surface area (Å²) in [6, 6.07) is 19.4. The van der Waals surface area contributed by atoms with Crippen LogP contribution >= 0.6 is 0 Å². The van der Waals surface area contributed by atoms with Gasteiger partial charge >= 0.3 is 0 Å². The zero-order valence-electron chi connectivity index (χ0n) is 14.3. The smallest absolute Gasteiger partial charge is 0.292 e. The summed E-state index contributed by atoms with van der Waals surface area (Å²) in [6.45, 7) is 0.369. The minimum absolute atomic E-state index is 0.0472. The van der Waals surface area contributed by atoms with Gasteiger partial charge in [-0.05, 0) is 23.8 Å². The molecule has 27 heavy (non-hydrogen) atoms. The van der Waals surface area contributed by atoms with Crippen molar-refractivity contribution in [3.8, 4) is 0 Å². The lowest BCUT2D eigenvalue weighted by molar-refractivity contribution is -0.384. The van der Waals surface area contributed by atoms with Gasteiger partial charge in [-0.2, -0.15) is 0 Å². The van der Waals surface area contributed by atoms with Gasteiger partial charge in [0.2, 0.25) is 0 Å². The van der Waals surface area contributed by atoms with Gasteiger partial charge < -0.3 is 10.2 Å². The van der Waals surface area contributed by atoms with Crippen LogP contribution in [0.4, 0.5) is 11.4 Å². The molecule has 1 atom stereocenters. The molecule has 1 aliphatic heterocycles. The lowest BCUT2D eigenvalue weighted by atomic mass is 10.2. The summed E-state index contributed by atoms with van der Waals surface area (Å²) in [5.41, 5.74) is 2.33. The molecule has 0 aliphatic carbocycles. The normalized spacial score (nSPS) is 15.5. The number of nitro groups is 1. The fourth-order valence-corrected chi connectivity index (χ4v) is 3.23. The van der Waals surface area contributed by atoms with E-state index in [1.165, 1.54) is 6.07 Å². The van der Waals surface area contributed by atoms with Gasteiger partial charge in [-0.1, -0.05) is 42.5 Å². The molecule has 1 aromatic heterocycles. The van der Waals surface area contributed by atoms with Crippen molar-refractivity contribution < 1.29 is 9.72 Å². The van der Waals surface area contributed by atoms with E-state index >= 15 is 0 Å². The average Bonchev–Trinajstić information content (AvgIpc) is 2.95. The minimum atomic E-state index is -0.588. The second-order valence-electron chi connectivity index (χ2n) is 6.18. The van der Waals surface area contributed by atoms with Gasteiger partial charge in [0.1, 0.15) is 11.9 Å². The van der Waals surface area contributed by atoms with Crippen LogP contribution in [0.1, 0.15) is 27.8 Å². The van der Waals surface area contributed by atoms with Gasteiger partial charge in [0, 0.05) is 18.8 Å². The largest absolute Gasteiger partial charge is 0.354 e. The van der Waals surface area contributed by atoms with Crippen molar-refractivity contribution >= 4 is 17.3 Å².